The number of pyridine rings is 1. The zero-order valence-electron chi connectivity index (χ0n) is 18.3. The van der Waals surface area contributed by atoms with E-state index in [1.165, 1.54) is 11.1 Å². The molecule has 2 atom stereocenters. The van der Waals surface area contributed by atoms with E-state index in [9.17, 15) is 22.8 Å². The van der Waals surface area contributed by atoms with Gasteiger partial charge < -0.3 is 10.2 Å². The maximum atomic E-state index is 12.9. The minimum Gasteiger partial charge on any atom is -0.332 e. The maximum absolute atomic E-state index is 12.9. The number of carbonyl (C=O) groups excluding carboxylic acids is 2. The molecule has 0 unspecified atom stereocenters. The van der Waals surface area contributed by atoms with Gasteiger partial charge in [0, 0.05) is 19.2 Å². The predicted molar refractivity (Wildman–Crippen MR) is 115 cm³/mol. The molecule has 2 aliphatic rings. The molecule has 33 heavy (non-hydrogen) atoms. The van der Waals surface area contributed by atoms with Gasteiger partial charge in [0.2, 0.25) is 5.91 Å². The molecule has 3 heterocycles. The molecule has 0 aliphatic carbocycles. The summed E-state index contributed by atoms with van der Waals surface area (Å²) in [4.78, 5) is 30.9. The van der Waals surface area contributed by atoms with Crippen LogP contribution in [0, 0.1) is 6.92 Å². The van der Waals surface area contributed by atoms with Gasteiger partial charge in [-0.3, -0.25) is 9.78 Å². The second kappa shape index (κ2) is 8.84. The van der Waals surface area contributed by atoms with E-state index in [0.29, 0.717) is 24.4 Å². The fraction of sp³-hybridized carbons (Fsp3) is 0.391. The number of amides is 3. The van der Waals surface area contributed by atoms with Gasteiger partial charge in [-0.2, -0.15) is 18.3 Å². The smallest absolute Gasteiger partial charge is 0.332 e. The first-order chi connectivity index (χ1) is 15.6. The lowest BCUT2D eigenvalue weighted by molar-refractivity contribution is -0.137. The van der Waals surface area contributed by atoms with Crippen LogP contribution in [0.3, 0.4) is 0 Å². The minimum absolute atomic E-state index is 0.0318. The molecule has 0 spiro atoms. The quantitative estimate of drug-likeness (QED) is 0.754. The van der Waals surface area contributed by atoms with Crippen molar-refractivity contribution in [2.75, 3.05) is 13.1 Å². The molecule has 1 saturated heterocycles. The lowest BCUT2D eigenvalue weighted by Gasteiger charge is -2.25. The number of nitrogens with one attached hydrogen (secondary N) is 1. The Hall–Kier alpha value is -3.43. The minimum atomic E-state index is -4.48. The Bertz CT molecular complexity index is 1070. The van der Waals surface area contributed by atoms with Crippen molar-refractivity contribution in [1.29, 1.82) is 0 Å². The highest BCUT2D eigenvalue weighted by Gasteiger charge is 2.39. The number of alkyl halides is 3. The molecule has 2 aliphatic heterocycles. The lowest BCUT2D eigenvalue weighted by atomic mass is 10.0. The van der Waals surface area contributed by atoms with E-state index in [1.54, 1.807) is 11.8 Å². The van der Waals surface area contributed by atoms with E-state index in [4.69, 9.17) is 0 Å². The molecule has 174 valence electrons. The van der Waals surface area contributed by atoms with Crippen molar-refractivity contribution in [1.82, 2.24) is 20.2 Å². The van der Waals surface area contributed by atoms with Crippen molar-refractivity contribution in [2.24, 2.45) is 5.10 Å². The van der Waals surface area contributed by atoms with E-state index < -0.39 is 23.8 Å². The largest absolute Gasteiger partial charge is 0.417 e. The van der Waals surface area contributed by atoms with Crippen molar-refractivity contribution < 1.29 is 22.8 Å². The first-order valence-electron chi connectivity index (χ1n) is 10.7. The summed E-state index contributed by atoms with van der Waals surface area (Å²) in [6, 6.07) is 8.40. The van der Waals surface area contributed by atoms with E-state index >= 15 is 0 Å². The first-order valence-corrected chi connectivity index (χ1v) is 10.7. The third kappa shape index (κ3) is 4.84. The van der Waals surface area contributed by atoms with Crippen molar-refractivity contribution in [3.05, 3.63) is 65.0 Å². The van der Waals surface area contributed by atoms with Gasteiger partial charge in [-0.25, -0.2) is 9.80 Å². The van der Waals surface area contributed by atoms with Crippen molar-refractivity contribution >= 4 is 17.6 Å². The van der Waals surface area contributed by atoms with Gasteiger partial charge in [-0.15, -0.1) is 0 Å². The van der Waals surface area contributed by atoms with Crippen molar-refractivity contribution in [3.8, 4) is 0 Å². The summed E-state index contributed by atoms with van der Waals surface area (Å²) in [5, 5.41) is 8.52. The number of benzene rings is 1. The van der Waals surface area contributed by atoms with E-state index in [-0.39, 0.29) is 18.5 Å². The SMILES string of the molecule is Cc1ccc(C2=NN(C(=O)N[C@H](C)c3ccc(C(F)(F)F)cn3)C[C@@H]2N2CCCC2=O)cc1. The number of halogens is 3. The van der Waals surface area contributed by atoms with Gasteiger partial charge in [0.05, 0.1) is 35.6 Å². The summed E-state index contributed by atoms with van der Waals surface area (Å²) in [6.45, 7) is 4.41. The molecule has 1 N–H and O–H groups in total. The number of urea groups is 1. The number of hydrogen-bond acceptors (Lipinski definition) is 4. The summed E-state index contributed by atoms with van der Waals surface area (Å²) >= 11 is 0. The summed E-state index contributed by atoms with van der Waals surface area (Å²) in [5.74, 6) is 0.0318. The molecule has 1 aromatic carbocycles. The molecule has 10 heteroatoms. The van der Waals surface area contributed by atoms with E-state index in [1.807, 2.05) is 31.2 Å². The summed E-state index contributed by atoms with van der Waals surface area (Å²) in [7, 11) is 0. The molecule has 1 aromatic heterocycles. The van der Waals surface area contributed by atoms with Gasteiger partial charge in [0.25, 0.3) is 0 Å². The molecule has 4 rings (SSSR count). The van der Waals surface area contributed by atoms with Crippen LogP contribution in [0.4, 0.5) is 18.0 Å². The van der Waals surface area contributed by atoms with Crippen LogP contribution >= 0.6 is 0 Å². The fourth-order valence-corrected chi connectivity index (χ4v) is 4.00. The van der Waals surface area contributed by atoms with Gasteiger partial charge in [-0.1, -0.05) is 29.8 Å². The zero-order chi connectivity index (χ0) is 23.8. The Balaban J connectivity index is 1.52. The number of likely N-dealkylation sites (tertiary alicyclic amines) is 1. The third-order valence-corrected chi connectivity index (χ3v) is 5.86. The maximum Gasteiger partial charge on any atom is 0.417 e. The Morgan fingerprint density at radius 1 is 1.18 bits per heavy atom. The standard InChI is InChI=1S/C23H24F3N5O2/c1-14-5-7-16(8-6-14)21-19(30-11-3-4-20(30)32)13-31(29-21)22(33)28-15(2)18-10-9-17(12-27-18)23(24,25)26/h5-10,12,15,19H,3-4,11,13H2,1-2H3,(H,28,33)/t15-,19+/m1/s1. The first kappa shape index (κ1) is 22.8. The highest BCUT2D eigenvalue weighted by molar-refractivity contribution is 6.08. The van der Waals surface area contributed by atoms with Crippen LogP contribution in [0.15, 0.2) is 47.7 Å². The normalized spacial score (nSPS) is 19.6. The molecule has 1 fully saturated rings. The average molecular weight is 459 g/mol. The number of rotatable bonds is 4. The van der Waals surface area contributed by atoms with Crippen LogP contribution in [-0.4, -0.2) is 51.7 Å². The number of aromatic nitrogens is 1. The molecule has 0 saturated carbocycles. The topological polar surface area (TPSA) is 77.9 Å². The Labute approximate surface area is 189 Å². The molecular formula is C23H24F3N5O2. The predicted octanol–water partition coefficient (Wildman–Crippen LogP) is 3.89. The number of hydrazone groups is 1. The summed E-state index contributed by atoms with van der Waals surface area (Å²) < 4.78 is 38.3. The molecular weight excluding hydrogens is 435 g/mol. The van der Waals surface area contributed by atoms with E-state index in [2.05, 4.69) is 15.4 Å². The van der Waals surface area contributed by atoms with Crippen LogP contribution in [0.2, 0.25) is 0 Å². The Kier molecular flexibility index (Phi) is 6.09. The van der Waals surface area contributed by atoms with Gasteiger partial charge in [0.1, 0.15) is 0 Å². The molecule has 0 radical (unpaired) electrons. The van der Waals surface area contributed by atoms with Gasteiger partial charge in [-0.05, 0) is 38.0 Å². The highest BCUT2D eigenvalue weighted by atomic mass is 19.4. The van der Waals surface area contributed by atoms with Crippen molar-refractivity contribution in [3.63, 3.8) is 0 Å². The number of hydrogen-bond donors (Lipinski definition) is 1. The average Bonchev–Trinajstić information content (AvgIpc) is 3.40. The van der Waals surface area contributed by atoms with E-state index in [0.717, 1.165) is 29.8 Å². The third-order valence-electron chi connectivity index (χ3n) is 5.86. The van der Waals surface area contributed by atoms with Crippen LogP contribution in [-0.2, 0) is 11.0 Å². The van der Waals surface area contributed by atoms with Crippen LogP contribution in [0.25, 0.3) is 0 Å². The highest BCUT2D eigenvalue weighted by Crippen LogP contribution is 2.29. The van der Waals surface area contributed by atoms with Crippen LogP contribution < -0.4 is 5.32 Å². The van der Waals surface area contributed by atoms with Crippen molar-refractivity contribution in [2.45, 2.75) is 44.9 Å². The number of nitrogens with zero attached hydrogens (tertiary/aromatic N) is 4. The van der Waals surface area contributed by atoms with Gasteiger partial charge >= 0.3 is 12.2 Å². The number of carbonyl (C=O) groups is 2. The monoisotopic (exact) mass is 459 g/mol. The molecule has 3 amide bonds. The fourth-order valence-electron chi connectivity index (χ4n) is 4.00. The summed E-state index contributed by atoms with van der Waals surface area (Å²) in [5.41, 5.74) is 2.00. The second-order valence-corrected chi connectivity index (χ2v) is 8.28. The summed E-state index contributed by atoms with van der Waals surface area (Å²) in [6.07, 6.45) is -2.49. The number of aryl methyl sites for hydroxylation is 1. The second-order valence-electron chi connectivity index (χ2n) is 8.28. The van der Waals surface area contributed by atoms with Crippen LogP contribution in [0.1, 0.15) is 48.2 Å². The van der Waals surface area contributed by atoms with Gasteiger partial charge in [0.15, 0.2) is 0 Å². The molecule has 0 bridgehead atoms. The lowest BCUT2D eigenvalue weighted by Crippen LogP contribution is -2.46. The Morgan fingerprint density at radius 2 is 1.91 bits per heavy atom. The van der Waals surface area contributed by atoms with Crippen LogP contribution in [0.5, 0.6) is 0 Å². The molecule has 2 aromatic rings. The zero-order valence-corrected chi connectivity index (χ0v) is 18.3. The molecule has 7 nitrogen and oxygen atoms in total. The Morgan fingerprint density at radius 3 is 2.48 bits per heavy atom.